The second-order valence-corrected chi connectivity index (χ2v) is 10.9. The van der Waals surface area contributed by atoms with E-state index in [2.05, 4.69) is 81.5 Å². The van der Waals surface area contributed by atoms with Crippen molar-refractivity contribution < 1.29 is 56.1 Å². The molecule has 0 bridgehead atoms. The van der Waals surface area contributed by atoms with Gasteiger partial charge in [0.2, 0.25) is 0 Å². The van der Waals surface area contributed by atoms with Crippen LogP contribution in [0.15, 0.2) is 54.6 Å². The van der Waals surface area contributed by atoms with Gasteiger partial charge in [-0.25, -0.2) is 6.07 Å². The van der Waals surface area contributed by atoms with Crippen molar-refractivity contribution in [3.05, 3.63) is 82.9 Å². The summed E-state index contributed by atoms with van der Waals surface area (Å²) in [7, 11) is -0.661. The molecule has 1 aliphatic rings. The summed E-state index contributed by atoms with van der Waals surface area (Å²) in [6.07, 6.45) is 3.09. The van der Waals surface area contributed by atoms with Crippen LogP contribution in [-0.2, 0) is 39.0 Å². The first-order valence-corrected chi connectivity index (χ1v) is 13.4. The third-order valence-corrected chi connectivity index (χ3v) is 7.60. The summed E-state index contributed by atoms with van der Waals surface area (Å²) in [4.78, 5) is 0. The zero-order chi connectivity index (χ0) is 20.1. The molecule has 164 valence electrons. The number of aliphatic hydroxyl groups excluding tert-OH is 1. The quantitative estimate of drug-likeness (QED) is 0.326. The average molecular weight is 551 g/mol. The van der Waals surface area contributed by atoms with Gasteiger partial charge in [-0.15, -0.1) is 11.1 Å². The molecule has 3 aromatic carbocycles. The third-order valence-electron chi connectivity index (χ3n) is 5.82. The van der Waals surface area contributed by atoms with Gasteiger partial charge in [0, 0.05) is 15.4 Å². The normalized spacial score (nSPS) is 13.0. The maximum atomic E-state index is 8.82. The second-order valence-electron chi connectivity index (χ2n) is 7.93. The molecule has 4 rings (SSSR count). The van der Waals surface area contributed by atoms with Crippen LogP contribution in [0.25, 0.3) is 11.1 Å². The summed E-state index contributed by atoms with van der Waals surface area (Å²) in [5, 5.41) is 10.4. The maximum absolute atomic E-state index is 8.82. The summed E-state index contributed by atoms with van der Waals surface area (Å²) in [5.74, 6) is 0.502. The molecular formula is C26H32Cl2OSiZr. The van der Waals surface area contributed by atoms with E-state index in [1.165, 1.54) is 27.8 Å². The fraction of sp³-hybridized carbons (Fsp3) is 0.346. The van der Waals surface area contributed by atoms with Gasteiger partial charge in [0.1, 0.15) is 0 Å². The van der Waals surface area contributed by atoms with E-state index in [0.29, 0.717) is 12.5 Å². The molecule has 1 N–H and O–H groups in total. The molecule has 0 aromatic heterocycles. The van der Waals surface area contributed by atoms with Gasteiger partial charge in [-0.1, -0.05) is 69.6 Å². The number of rotatable bonds is 5. The smallest absolute Gasteiger partial charge is 1.00 e. The Labute approximate surface area is 221 Å². The molecule has 0 saturated carbocycles. The fourth-order valence-corrected chi connectivity index (χ4v) is 5.94. The van der Waals surface area contributed by atoms with Crippen molar-refractivity contribution in [2.75, 3.05) is 6.61 Å². The minimum atomic E-state index is -0.661. The molecule has 31 heavy (non-hydrogen) atoms. The number of hydrogen-bond donors (Lipinski definition) is 1. The molecule has 0 radical (unpaired) electrons. The fourth-order valence-electron chi connectivity index (χ4n) is 4.37. The Morgan fingerprint density at radius 2 is 1.71 bits per heavy atom. The van der Waals surface area contributed by atoms with Crippen LogP contribution in [0.2, 0.25) is 13.1 Å². The van der Waals surface area contributed by atoms with Crippen LogP contribution in [0.1, 0.15) is 48.4 Å². The molecule has 1 nitrogen and oxygen atoms in total. The van der Waals surface area contributed by atoms with Crippen LogP contribution in [0.3, 0.4) is 0 Å². The first-order valence-electron chi connectivity index (χ1n) is 10.6. The molecule has 1 unspecified atom stereocenters. The third kappa shape index (κ3) is 6.95. The molecular weight excluding hydrogens is 519 g/mol. The van der Waals surface area contributed by atoms with Crippen LogP contribution < -0.4 is 30.0 Å². The molecule has 1 atom stereocenters. The Kier molecular flexibility index (Phi) is 14.3. The van der Waals surface area contributed by atoms with Gasteiger partial charge in [-0.3, -0.25) is 0 Å². The van der Waals surface area contributed by atoms with Crippen molar-refractivity contribution in [2.45, 2.75) is 52.1 Å². The van der Waals surface area contributed by atoms with Gasteiger partial charge < -0.3 is 29.9 Å². The number of aryl methyl sites for hydroxylation is 1. The largest absolute Gasteiger partial charge is 4.00 e. The summed E-state index contributed by atoms with van der Waals surface area (Å²) in [6, 6.07) is 22.8. The summed E-state index contributed by atoms with van der Waals surface area (Å²) < 4.78 is 0. The van der Waals surface area contributed by atoms with Crippen LogP contribution in [-0.4, -0.2) is 20.5 Å². The first kappa shape index (κ1) is 30.4. The van der Waals surface area contributed by atoms with Gasteiger partial charge in [-0.2, -0.15) is 46.6 Å². The van der Waals surface area contributed by atoms with Gasteiger partial charge in [0.05, 0.1) is 0 Å². The predicted octanol–water partition coefficient (Wildman–Crippen LogP) is -0.789. The predicted molar refractivity (Wildman–Crippen MR) is 124 cm³/mol. The Morgan fingerprint density at radius 3 is 2.35 bits per heavy atom. The van der Waals surface area contributed by atoms with E-state index in [0.717, 1.165) is 19.3 Å². The van der Waals surface area contributed by atoms with Gasteiger partial charge >= 0.3 is 26.2 Å². The Balaban J connectivity index is 0.000000529. The minimum absolute atomic E-state index is 0. The Hall–Kier alpha value is -0.570. The maximum Gasteiger partial charge on any atom is 4.00 e. The zero-order valence-corrected chi connectivity index (χ0v) is 24.0. The number of halogens is 2. The molecule has 3 aromatic rings. The first-order chi connectivity index (χ1) is 13.6. The summed E-state index contributed by atoms with van der Waals surface area (Å²) in [6.45, 7) is 9.55. The second kappa shape index (κ2) is 14.6. The Morgan fingerprint density at radius 1 is 1.03 bits per heavy atom. The van der Waals surface area contributed by atoms with Gasteiger partial charge in [0.15, 0.2) is 0 Å². The van der Waals surface area contributed by atoms with E-state index in [-0.39, 0.29) is 51.0 Å². The average Bonchev–Trinajstić information content (AvgIpc) is 3.27. The van der Waals surface area contributed by atoms with Gasteiger partial charge in [0.25, 0.3) is 0 Å². The van der Waals surface area contributed by atoms with E-state index in [4.69, 9.17) is 5.11 Å². The number of aliphatic hydroxyl groups is 1. The molecule has 0 spiro atoms. The van der Waals surface area contributed by atoms with Crippen LogP contribution >= 0.6 is 0 Å². The summed E-state index contributed by atoms with van der Waals surface area (Å²) >= 11 is 0. The monoisotopic (exact) mass is 548 g/mol. The minimum Gasteiger partial charge on any atom is -1.00 e. The Bertz CT molecular complexity index is 878. The van der Waals surface area contributed by atoms with Crippen molar-refractivity contribution in [2.24, 2.45) is 0 Å². The SMILES string of the molecule is CC1c2[c-]cccc2-c2ccccc21.CCc1c(CCCO)cc[c-]1[SiH](C)C.[Cl-].[Cl-].[Zr+4]. The molecule has 0 saturated heterocycles. The molecule has 0 amide bonds. The van der Waals surface area contributed by atoms with Crippen molar-refractivity contribution >= 4 is 14.0 Å². The molecule has 0 fully saturated rings. The van der Waals surface area contributed by atoms with E-state index in [1.54, 1.807) is 10.8 Å². The zero-order valence-electron chi connectivity index (χ0n) is 18.9. The van der Waals surface area contributed by atoms with Crippen molar-refractivity contribution in [1.82, 2.24) is 0 Å². The molecule has 1 aliphatic carbocycles. The van der Waals surface area contributed by atoms with E-state index in [9.17, 15) is 0 Å². The molecule has 5 heteroatoms. The number of fused-ring (bicyclic) bond motifs is 3. The summed E-state index contributed by atoms with van der Waals surface area (Å²) in [5.41, 5.74) is 8.55. The number of hydrogen-bond acceptors (Lipinski definition) is 1. The van der Waals surface area contributed by atoms with E-state index >= 15 is 0 Å². The number of benzene rings is 2. The topological polar surface area (TPSA) is 20.2 Å². The standard InChI is InChI=1S/C14H11.C12H21OSi.2ClH.Zr/c1-10-11-6-2-4-8-13(11)14-9-5-3-7-12(10)14;1-4-11-10(6-5-9-13)7-8-12(11)14(2)3;;;/h2-6,8-10H,1H3;7-8,13-14H,4-6,9H2,1-3H3;2*1H;/q2*-1;;;+4/p-2. The van der Waals surface area contributed by atoms with Crippen LogP contribution in [0.5, 0.6) is 0 Å². The van der Waals surface area contributed by atoms with E-state index in [1.807, 2.05) is 6.07 Å². The van der Waals surface area contributed by atoms with Crippen LogP contribution in [0, 0.1) is 6.07 Å². The van der Waals surface area contributed by atoms with Crippen LogP contribution in [0.4, 0.5) is 0 Å². The van der Waals surface area contributed by atoms with Crippen molar-refractivity contribution in [1.29, 1.82) is 0 Å². The molecule has 0 heterocycles. The van der Waals surface area contributed by atoms with E-state index < -0.39 is 8.80 Å². The molecule has 0 aliphatic heterocycles. The van der Waals surface area contributed by atoms with Crippen molar-refractivity contribution in [3.63, 3.8) is 0 Å². The van der Waals surface area contributed by atoms with Gasteiger partial charge in [-0.05, 0) is 17.9 Å². The van der Waals surface area contributed by atoms with Crippen molar-refractivity contribution in [3.8, 4) is 11.1 Å².